The molecule has 0 saturated heterocycles. The number of rotatable bonds is 29. The third-order valence-corrected chi connectivity index (χ3v) is 7.13. The zero-order valence-corrected chi connectivity index (χ0v) is 27.9. The number of carboxylic acids is 2. The molecule has 14 heteroatoms. The van der Waals surface area contributed by atoms with Crippen LogP contribution >= 0.6 is 0 Å². The number of urea groups is 2. The Kier molecular flexibility index (Phi) is 26.6. The molecular weight excluding hydrogens is 600 g/mol. The van der Waals surface area contributed by atoms with E-state index in [1.165, 1.54) is 0 Å². The summed E-state index contributed by atoms with van der Waals surface area (Å²) in [5, 5.41) is 28.4. The van der Waals surface area contributed by atoms with Crippen molar-refractivity contribution in [1.82, 2.24) is 21.3 Å². The zero-order valence-electron chi connectivity index (χ0n) is 27.9. The van der Waals surface area contributed by atoms with Gasteiger partial charge in [0.1, 0.15) is 12.1 Å². The monoisotopic (exact) mass is 658 g/mol. The van der Waals surface area contributed by atoms with Gasteiger partial charge in [-0.25, -0.2) is 19.2 Å². The Labute approximate surface area is 273 Å². The number of carboxylic acid groups (broad SMARTS) is 2. The van der Waals surface area contributed by atoms with Crippen LogP contribution in [0.5, 0.6) is 0 Å². The molecule has 0 fully saturated rings. The summed E-state index contributed by atoms with van der Waals surface area (Å²) >= 11 is 0. The van der Waals surface area contributed by atoms with Crippen molar-refractivity contribution < 1.29 is 48.5 Å². The molecule has 2 atom stereocenters. The van der Waals surface area contributed by atoms with E-state index in [0.717, 1.165) is 89.9 Å². The molecule has 0 bridgehead atoms. The standard InChI is InChI=1S/C32H58N4O10/c1-3-5-7-15-23-45-29(41)25(17-19-27(37)38)35-31(43)33-21-13-11-9-10-12-14-22-34-32(44)36-26(18-20-28(39)40)30(42)46-24-16-8-6-4-2/h25-26H,3-24H2,1-2H3,(H,37,38)(H,39,40)(H2,33,35,43)(H2,34,36,44)/t25-,26-/m0/s1. The lowest BCUT2D eigenvalue weighted by molar-refractivity contribution is -0.148. The first-order chi connectivity index (χ1) is 22.1. The largest absolute Gasteiger partial charge is 0.481 e. The average molecular weight is 659 g/mol. The topological polar surface area (TPSA) is 209 Å². The first-order valence-electron chi connectivity index (χ1n) is 17.0. The summed E-state index contributed by atoms with van der Waals surface area (Å²) in [4.78, 5) is 71.1. The number of unbranched alkanes of at least 4 members (excludes halogenated alkanes) is 11. The maximum absolute atomic E-state index is 12.3. The van der Waals surface area contributed by atoms with Crippen LogP contribution < -0.4 is 21.3 Å². The summed E-state index contributed by atoms with van der Waals surface area (Å²) in [6, 6.07) is -3.15. The highest BCUT2D eigenvalue weighted by Gasteiger charge is 2.24. The van der Waals surface area contributed by atoms with E-state index in [4.69, 9.17) is 19.7 Å². The molecule has 6 N–H and O–H groups in total. The third kappa shape index (κ3) is 25.7. The molecule has 0 aromatic heterocycles. The summed E-state index contributed by atoms with van der Waals surface area (Å²) in [6.07, 6.45) is 11.9. The number of ether oxygens (including phenoxy) is 2. The van der Waals surface area contributed by atoms with Crippen molar-refractivity contribution in [3.8, 4) is 0 Å². The Morgan fingerprint density at radius 2 is 0.870 bits per heavy atom. The molecule has 0 aromatic rings. The van der Waals surface area contributed by atoms with Crippen LogP contribution in [-0.2, 0) is 28.7 Å². The van der Waals surface area contributed by atoms with E-state index >= 15 is 0 Å². The minimum atomic E-state index is -1.06. The first-order valence-corrected chi connectivity index (χ1v) is 17.0. The van der Waals surface area contributed by atoms with E-state index in [1.807, 2.05) is 0 Å². The number of hydrogen-bond acceptors (Lipinski definition) is 8. The van der Waals surface area contributed by atoms with Crippen LogP contribution in [0.4, 0.5) is 9.59 Å². The van der Waals surface area contributed by atoms with Crippen LogP contribution in [0.15, 0.2) is 0 Å². The predicted molar refractivity (Wildman–Crippen MR) is 172 cm³/mol. The second kappa shape index (κ2) is 28.9. The molecule has 4 amide bonds. The average Bonchev–Trinajstić information content (AvgIpc) is 3.01. The van der Waals surface area contributed by atoms with Crippen LogP contribution in [-0.4, -0.2) is 84.5 Å². The molecule has 14 nitrogen and oxygen atoms in total. The highest BCUT2D eigenvalue weighted by atomic mass is 16.5. The fourth-order valence-electron chi connectivity index (χ4n) is 4.42. The van der Waals surface area contributed by atoms with Crippen LogP contribution in [0.2, 0.25) is 0 Å². The lowest BCUT2D eigenvalue weighted by Crippen LogP contribution is -2.47. The summed E-state index contributed by atoms with van der Waals surface area (Å²) in [6.45, 7) is 5.42. The summed E-state index contributed by atoms with van der Waals surface area (Å²) < 4.78 is 10.4. The molecule has 0 aliphatic heterocycles. The van der Waals surface area contributed by atoms with E-state index in [2.05, 4.69) is 35.1 Å². The molecule has 0 rings (SSSR count). The molecule has 0 heterocycles. The second-order valence-corrected chi connectivity index (χ2v) is 11.3. The van der Waals surface area contributed by atoms with E-state index in [-0.39, 0.29) is 38.9 Å². The van der Waals surface area contributed by atoms with Gasteiger partial charge in [0.15, 0.2) is 0 Å². The minimum absolute atomic E-state index is 0.0515. The quantitative estimate of drug-likeness (QED) is 0.0484. The van der Waals surface area contributed by atoms with E-state index < -0.39 is 48.0 Å². The zero-order chi connectivity index (χ0) is 34.4. The summed E-state index contributed by atoms with van der Waals surface area (Å²) in [5.41, 5.74) is 0. The van der Waals surface area contributed by atoms with E-state index in [9.17, 15) is 28.8 Å². The molecule has 0 aromatic carbocycles. The maximum Gasteiger partial charge on any atom is 0.328 e. The fourth-order valence-corrected chi connectivity index (χ4v) is 4.42. The third-order valence-electron chi connectivity index (χ3n) is 7.13. The van der Waals surface area contributed by atoms with Crippen LogP contribution in [0.25, 0.3) is 0 Å². The predicted octanol–water partition coefficient (Wildman–Crippen LogP) is 4.64. The summed E-state index contributed by atoms with van der Waals surface area (Å²) in [7, 11) is 0. The Morgan fingerprint density at radius 3 is 1.22 bits per heavy atom. The number of carbonyl (C=O) groups excluding carboxylic acids is 4. The highest BCUT2D eigenvalue weighted by Crippen LogP contribution is 2.07. The number of aliphatic carboxylic acids is 2. The van der Waals surface area contributed by atoms with Crippen molar-refractivity contribution in [2.75, 3.05) is 26.3 Å². The number of nitrogens with one attached hydrogen (secondary N) is 4. The van der Waals surface area contributed by atoms with Crippen molar-refractivity contribution >= 4 is 35.9 Å². The molecule has 0 aliphatic carbocycles. The van der Waals surface area contributed by atoms with Gasteiger partial charge in [-0.1, -0.05) is 78.1 Å². The maximum atomic E-state index is 12.3. The Hall–Kier alpha value is -3.58. The smallest absolute Gasteiger partial charge is 0.328 e. The molecule has 0 spiro atoms. The normalized spacial score (nSPS) is 12.0. The molecule has 0 unspecified atom stereocenters. The molecule has 0 aliphatic rings. The van der Waals surface area contributed by atoms with Crippen LogP contribution in [0.3, 0.4) is 0 Å². The van der Waals surface area contributed by atoms with Gasteiger partial charge in [-0.2, -0.15) is 0 Å². The lowest BCUT2D eigenvalue weighted by Gasteiger charge is -2.17. The Bertz CT molecular complexity index is 817. The van der Waals surface area contributed by atoms with Crippen molar-refractivity contribution in [3.63, 3.8) is 0 Å². The SMILES string of the molecule is CCCCCCOC(=O)[C@H](CCC(=O)O)NC(=O)NCCCCCCCCNC(=O)N[C@@H](CCC(=O)O)C(=O)OCCCCCC. The van der Waals surface area contributed by atoms with Gasteiger partial charge in [-0.15, -0.1) is 0 Å². The summed E-state index contributed by atoms with van der Waals surface area (Å²) in [5.74, 6) is -3.38. The van der Waals surface area contributed by atoms with Gasteiger partial charge in [-0.3, -0.25) is 9.59 Å². The lowest BCUT2D eigenvalue weighted by atomic mass is 10.1. The number of amides is 4. The van der Waals surface area contributed by atoms with Gasteiger partial charge < -0.3 is 41.0 Å². The van der Waals surface area contributed by atoms with Crippen LogP contribution in [0.1, 0.15) is 129 Å². The Balaban J connectivity index is 4.17. The van der Waals surface area contributed by atoms with Gasteiger partial charge in [0.05, 0.1) is 13.2 Å². The molecule has 266 valence electrons. The molecule has 46 heavy (non-hydrogen) atoms. The van der Waals surface area contributed by atoms with Crippen molar-refractivity contribution in [1.29, 1.82) is 0 Å². The van der Waals surface area contributed by atoms with Crippen molar-refractivity contribution in [2.24, 2.45) is 0 Å². The number of hydrogen-bond donors (Lipinski definition) is 6. The molecule has 0 saturated carbocycles. The fraction of sp³-hybridized carbons (Fsp3) is 0.812. The van der Waals surface area contributed by atoms with Gasteiger partial charge >= 0.3 is 35.9 Å². The van der Waals surface area contributed by atoms with Crippen molar-refractivity contribution in [2.45, 2.75) is 142 Å². The van der Waals surface area contributed by atoms with Crippen LogP contribution in [0, 0.1) is 0 Å². The van der Waals surface area contributed by atoms with E-state index in [0.29, 0.717) is 13.1 Å². The highest BCUT2D eigenvalue weighted by molar-refractivity contribution is 5.84. The van der Waals surface area contributed by atoms with E-state index in [1.54, 1.807) is 0 Å². The molecule has 0 radical (unpaired) electrons. The van der Waals surface area contributed by atoms with Gasteiger partial charge in [0, 0.05) is 25.9 Å². The molecular formula is C32H58N4O10. The number of esters is 2. The van der Waals surface area contributed by atoms with Gasteiger partial charge in [0.25, 0.3) is 0 Å². The van der Waals surface area contributed by atoms with Gasteiger partial charge in [0.2, 0.25) is 0 Å². The van der Waals surface area contributed by atoms with Gasteiger partial charge in [-0.05, 0) is 38.5 Å². The Morgan fingerprint density at radius 1 is 0.522 bits per heavy atom. The van der Waals surface area contributed by atoms with Crippen molar-refractivity contribution in [3.05, 3.63) is 0 Å². The number of carbonyl (C=O) groups is 6. The second-order valence-electron chi connectivity index (χ2n) is 11.3. The minimum Gasteiger partial charge on any atom is -0.481 e. The first kappa shape index (κ1) is 42.4.